The van der Waals surface area contributed by atoms with Crippen molar-refractivity contribution in [1.29, 1.82) is 0 Å². The number of aromatic nitrogens is 1. The number of ether oxygens (including phenoxy) is 1. The zero-order valence-corrected chi connectivity index (χ0v) is 20.1. The molecule has 0 saturated heterocycles. The number of pyridine rings is 1. The highest BCUT2D eigenvalue weighted by molar-refractivity contribution is 7.90. The van der Waals surface area contributed by atoms with Crippen LogP contribution < -0.4 is 4.74 Å². The number of benzene rings is 2. The molecule has 1 aliphatic rings. The molecule has 10 heteroatoms. The number of hydrogen-bond donors (Lipinski definition) is 1. The minimum absolute atomic E-state index is 0.0135. The molecule has 35 heavy (non-hydrogen) atoms. The Morgan fingerprint density at radius 1 is 1.17 bits per heavy atom. The van der Waals surface area contributed by atoms with Gasteiger partial charge in [-0.3, -0.25) is 0 Å². The third kappa shape index (κ3) is 5.32. The molecule has 0 saturated carbocycles. The number of nitrogens with zero attached hydrogens (tertiary/aromatic N) is 2. The van der Waals surface area contributed by atoms with E-state index in [0.29, 0.717) is 28.1 Å². The van der Waals surface area contributed by atoms with Gasteiger partial charge in [0.15, 0.2) is 21.4 Å². The summed E-state index contributed by atoms with van der Waals surface area (Å²) in [6, 6.07) is 10.9. The predicted molar refractivity (Wildman–Crippen MR) is 127 cm³/mol. The van der Waals surface area contributed by atoms with Gasteiger partial charge in [0.1, 0.15) is 23.8 Å². The van der Waals surface area contributed by atoms with Gasteiger partial charge in [0.2, 0.25) is 0 Å². The van der Waals surface area contributed by atoms with Gasteiger partial charge in [-0.25, -0.2) is 22.6 Å². The van der Waals surface area contributed by atoms with Gasteiger partial charge >= 0.3 is 5.97 Å². The molecule has 0 aliphatic carbocycles. The molecule has 3 aromatic rings. The molecule has 0 spiro atoms. The fraction of sp³-hybridized carbons (Fsp3) is 0.240. The zero-order chi connectivity index (χ0) is 25.3. The molecular weight excluding hydrogens is 475 g/mol. The van der Waals surface area contributed by atoms with Crippen molar-refractivity contribution in [3.8, 4) is 22.8 Å². The van der Waals surface area contributed by atoms with E-state index in [1.54, 1.807) is 31.2 Å². The molecule has 2 heterocycles. The highest BCUT2D eigenvalue weighted by Crippen LogP contribution is 2.32. The van der Waals surface area contributed by atoms with Crippen molar-refractivity contribution in [1.82, 2.24) is 4.98 Å². The lowest BCUT2D eigenvalue weighted by Crippen LogP contribution is -2.12. The van der Waals surface area contributed by atoms with Crippen LogP contribution in [0.5, 0.6) is 11.5 Å². The summed E-state index contributed by atoms with van der Waals surface area (Å²) in [5, 5.41) is 14.0. The van der Waals surface area contributed by atoms with Crippen molar-refractivity contribution in [2.45, 2.75) is 31.6 Å². The standard InChI is InChI=1S/C25H23FN2O6S/c1-14-9-22(33-13-18-12-23(30)34-28-18)24(26)15(2)20(14)11-17-7-8-21(29)25(27-17)16-5-4-6-19(10-16)35(3,31)32/h4-10,29H,11-13H2,1-3H3. The van der Waals surface area contributed by atoms with Crippen LogP contribution in [-0.2, 0) is 25.9 Å². The number of hydrogen-bond acceptors (Lipinski definition) is 8. The lowest BCUT2D eigenvalue weighted by molar-refractivity contribution is -0.140. The second-order valence-electron chi connectivity index (χ2n) is 8.34. The van der Waals surface area contributed by atoms with Gasteiger partial charge in [-0.15, -0.1) is 0 Å². The summed E-state index contributed by atoms with van der Waals surface area (Å²) in [7, 11) is -3.43. The number of aryl methyl sites for hydroxylation is 1. The first-order valence-electron chi connectivity index (χ1n) is 10.7. The van der Waals surface area contributed by atoms with Crippen LogP contribution in [0.25, 0.3) is 11.3 Å². The average molecular weight is 499 g/mol. The molecular formula is C25H23FN2O6S. The highest BCUT2D eigenvalue weighted by atomic mass is 32.2. The smallest absolute Gasteiger partial charge is 0.340 e. The summed E-state index contributed by atoms with van der Waals surface area (Å²) in [5.74, 6) is -1.06. The van der Waals surface area contributed by atoms with Crippen molar-refractivity contribution in [2.75, 3.05) is 12.9 Å². The molecule has 8 nitrogen and oxygen atoms in total. The van der Waals surface area contributed by atoms with E-state index in [0.717, 1.165) is 11.8 Å². The molecule has 0 unspecified atom stereocenters. The summed E-state index contributed by atoms with van der Waals surface area (Å²) < 4.78 is 44.5. The predicted octanol–water partition coefficient (Wildman–Crippen LogP) is 3.89. The summed E-state index contributed by atoms with van der Waals surface area (Å²) in [6.45, 7) is 3.41. The quantitative estimate of drug-likeness (QED) is 0.492. The third-order valence-corrected chi connectivity index (χ3v) is 6.78. The monoisotopic (exact) mass is 498 g/mol. The van der Waals surface area contributed by atoms with Gasteiger partial charge in [0.05, 0.1) is 11.3 Å². The lowest BCUT2D eigenvalue weighted by atomic mass is 9.97. The number of sulfone groups is 1. The van der Waals surface area contributed by atoms with E-state index in [4.69, 9.17) is 4.74 Å². The Kier molecular flexibility index (Phi) is 6.58. The van der Waals surface area contributed by atoms with Crippen LogP contribution in [0, 0.1) is 19.7 Å². The summed E-state index contributed by atoms with van der Waals surface area (Å²) >= 11 is 0. The molecule has 2 aromatic carbocycles. The maximum absolute atomic E-state index is 15.1. The Labute approximate surface area is 202 Å². The largest absolute Gasteiger partial charge is 0.506 e. The summed E-state index contributed by atoms with van der Waals surface area (Å²) in [5.41, 5.74) is 3.50. The van der Waals surface area contributed by atoms with E-state index in [1.807, 2.05) is 6.92 Å². The van der Waals surface area contributed by atoms with Crippen molar-refractivity contribution < 1.29 is 32.3 Å². The molecule has 0 amide bonds. The number of halogens is 1. The highest BCUT2D eigenvalue weighted by Gasteiger charge is 2.21. The van der Waals surface area contributed by atoms with Crippen LogP contribution in [0.1, 0.15) is 28.8 Å². The molecule has 1 N–H and O–H groups in total. The summed E-state index contributed by atoms with van der Waals surface area (Å²) in [6.07, 6.45) is 1.40. The van der Waals surface area contributed by atoms with Crippen LogP contribution in [0.2, 0.25) is 0 Å². The van der Waals surface area contributed by atoms with Crippen molar-refractivity contribution in [3.63, 3.8) is 0 Å². The van der Waals surface area contributed by atoms with E-state index >= 15 is 4.39 Å². The maximum atomic E-state index is 15.1. The normalized spacial score (nSPS) is 13.5. The number of carbonyl (C=O) groups is 1. The Morgan fingerprint density at radius 2 is 1.94 bits per heavy atom. The van der Waals surface area contributed by atoms with Gasteiger partial charge in [0.25, 0.3) is 0 Å². The van der Waals surface area contributed by atoms with Crippen LogP contribution in [0.3, 0.4) is 0 Å². The van der Waals surface area contributed by atoms with Gasteiger partial charge in [-0.05, 0) is 60.9 Å². The topological polar surface area (TPSA) is 115 Å². The molecule has 4 rings (SSSR count). The molecule has 182 valence electrons. The Hall–Kier alpha value is -3.79. The Morgan fingerprint density at radius 3 is 2.63 bits per heavy atom. The molecule has 0 radical (unpaired) electrons. The van der Waals surface area contributed by atoms with Gasteiger partial charge in [-0.2, -0.15) is 0 Å². The van der Waals surface area contributed by atoms with Crippen molar-refractivity contribution in [2.24, 2.45) is 5.16 Å². The van der Waals surface area contributed by atoms with E-state index in [9.17, 15) is 18.3 Å². The van der Waals surface area contributed by atoms with E-state index in [-0.39, 0.29) is 41.5 Å². The second-order valence-corrected chi connectivity index (χ2v) is 10.4. The lowest BCUT2D eigenvalue weighted by Gasteiger charge is -2.15. The first kappa shape index (κ1) is 24.3. The summed E-state index contributed by atoms with van der Waals surface area (Å²) in [4.78, 5) is 20.3. The van der Waals surface area contributed by atoms with Crippen LogP contribution >= 0.6 is 0 Å². The van der Waals surface area contributed by atoms with E-state index in [1.165, 1.54) is 18.2 Å². The van der Waals surface area contributed by atoms with Gasteiger partial charge in [-0.1, -0.05) is 17.3 Å². The van der Waals surface area contributed by atoms with Crippen molar-refractivity contribution in [3.05, 3.63) is 70.7 Å². The fourth-order valence-corrected chi connectivity index (χ4v) is 4.45. The van der Waals surface area contributed by atoms with Crippen molar-refractivity contribution >= 4 is 21.5 Å². The number of rotatable bonds is 7. The Balaban J connectivity index is 1.61. The molecule has 0 atom stereocenters. The molecule has 1 aliphatic heterocycles. The average Bonchev–Trinajstić information content (AvgIpc) is 3.23. The molecule has 0 bridgehead atoms. The fourth-order valence-electron chi connectivity index (χ4n) is 3.78. The van der Waals surface area contributed by atoms with Gasteiger partial charge in [0, 0.05) is 23.9 Å². The second kappa shape index (κ2) is 9.46. The van der Waals surface area contributed by atoms with Crippen LogP contribution in [0.15, 0.2) is 52.5 Å². The first-order chi connectivity index (χ1) is 16.5. The van der Waals surface area contributed by atoms with Crippen LogP contribution in [0.4, 0.5) is 4.39 Å². The third-order valence-electron chi connectivity index (χ3n) is 5.67. The Bertz CT molecular complexity index is 1470. The SMILES string of the molecule is Cc1cc(OCC2=NOC(=O)C2)c(F)c(C)c1Cc1ccc(O)c(-c2cccc(S(C)(=O)=O)c2)n1. The van der Waals surface area contributed by atoms with E-state index in [2.05, 4.69) is 15.0 Å². The number of carbonyl (C=O) groups excluding carboxylic acids is 1. The van der Waals surface area contributed by atoms with Crippen LogP contribution in [-0.4, -0.2) is 43.1 Å². The first-order valence-corrected chi connectivity index (χ1v) is 12.6. The zero-order valence-electron chi connectivity index (χ0n) is 19.3. The molecule has 1 aromatic heterocycles. The van der Waals surface area contributed by atoms with Gasteiger partial charge < -0.3 is 14.7 Å². The minimum Gasteiger partial charge on any atom is -0.506 e. The number of oxime groups is 1. The minimum atomic E-state index is -3.43. The molecule has 0 fully saturated rings. The number of aromatic hydroxyl groups is 1. The maximum Gasteiger partial charge on any atom is 0.340 e. The van der Waals surface area contributed by atoms with E-state index < -0.39 is 21.6 Å².